The van der Waals surface area contributed by atoms with Crippen molar-refractivity contribution in [3.63, 3.8) is 0 Å². The number of ether oxygens (including phenoxy) is 1. The van der Waals surface area contributed by atoms with Crippen LogP contribution in [0.25, 0.3) is 0 Å². The molecular weight excluding hydrogens is 228 g/mol. The van der Waals surface area contributed by atoms with E-state index in [2.05, 4.69) is 18.9 Å². The van der Waals surface area contributed by atoms with Gasteiger partial charge in [0, 0.05) is 6.54 Å². The molecule has 1 fully saturated rings. The van der Waals surface area contributed by atoms with Crippen molar-refractivity contribution < 1.29 is 9.84 Å². The molecule has 0 saturated heterocycles. The SMILES string of the molecule is CCn1ncc(OC)c1C1(O)CCC(C)CC1C. The van der Waals surface area contributed by atoms with Crippen LogP contribution in [0.2, 0.25) is 0 Å². The Kier molecular flexibility index (Phi) is 3.66. The van der Waals surface area contributed by atoms with Gasteiger partial charge in [0.15, 0.2) is 5.75 Å². The predicted molar refractivity (Wildman–Crippen MR) is 70.5 cm³/mol. The van der Waals surface area contributed by atoms with E-state index in [1.54, 1.807) is 13.3 Å². The van der Waals surface area contributed by atoms with Gasteiger partial charge in [0.1, 0.15) is 11.3 Å². The van der Waals surface area contributed by atoms with Crippen molar-refractivity contribution in [3.05, 3.63) is 11.9 Å². The van der Waals surface area contributed by atoms with Crippen molar-refractivity contribution in [2.24, 2.45) is 11.8 Å². The normalized spacial score (nSPS) is 32.5. The van der Waals surface area contributed by atoms with Crippen LogP contribution in [0.4, 0.5) is 0 Å². The van der Waals surface area contributed by atoms with E-state index in [1.807, 2.05) is 11.6 Å². The zero-order valence-corrected chi connectivity index (χ0v) is 11.8. The van der Waals surface area contributed by atoms with E-state index < -0.39 is 5.60 Å². The van der Waals surface area contributed by atoms with Crippen LogP contribution in [-0.2, 0) is 12.1 Å². The number of nitrogens with zero attached hydrogens (tertiary/aromatic N) is 2. The molecule has 4 nitrogen and oxygen atoms in total. The summed E-state index contributed by atoms with van der Waals surface area (Å²) in [7, 11) is 1.64. The minimum absolute atomic E-state index is 0.233. The first-order valence-electron chi connectivity index (χ1n) is 6.85. The minimum atomic E-state index is -0.801. The third kappa shape index (κ3) is 2.03. The van der Waals surface area contributed by atoms with Gasteiger partial charge < -0.3 is 9.84 Å². The first-order chi connectivity index (χ1) is 8.52. The molecule has 1 aromatic rings. The van der Waals surface area contributed by atoms with Gasteiger partial charge in [-0.05, 0) is 38.0 Å². The number of aryl methyl sites for hydroxylation is 1. The van der Waals surface area contributed by atoms with E-state index in [9.17, 15) is 5.11 Å². The number of aliphatic hydroxyl groups is 1. The van der Waals surface area contributed by atoms with E-state index in [4.69, 9.17) is 4.74 Å². The molecule has 4 heteroatoms. The fourth-order valence-corrected chi connectivity index (χ4v) is 3.18. The van der Waals surface area contributed by atoms with Gasteiger partial charge in [-0.25, -0.2) is 0 Å². The Morgan fingerprint density at radius 3 is 2.83 bits per heavy atom. The monoisotopic (exact) mass is 252 g/mol. The van der Waals surface area contributed by atoms with Crippen LogP contribution < -0.4 is 4.74 Å². The minimum Gasteiger partial charge on any atom is -0.493 e. The highest BCUT2D eigenvalue weighted by atomic mass is 16.5. The zero-order chi connectivity index (χ0) is 13.3. The molecule has 102 valence electrons. The lowest BCUT2D eigenvalue weighted by Gasteiger charge is -2.41. The molecule has 3 unspecified atom stereocenters. The summed E-state index contributed by atoms with van der Waals surface area (Å²) < 4.78 is 7.24. The quantitative estimate of drug-likeness (QED) is 0.899. The topological polar surface area (TPSA) is 47.3 Å². The van der Waals surface area contributed by atoms with E-state index in [-0.39, 0.29) is 5.92 Å². The molecule has 1 N–H and O–H groups in total. The lowest BCUT2D eigenvalue weighted by molar-refractivity contribution is -0.0667. The summed E-state index contributed by atoms with van der Waals surface area (Å²) in [5.41, 5.74) is 0.0524. The number of methoxy groups -OCH3 is 1. The average Bonchev–Trinajstić information content (AvgIpc) is 2.78. The van der Waals surface area contributed by atoms with Crippen LogP contribution >= 0.6 is 0 Å². The van der Waals surface area contributed by atoms with E-state index in [1.165, 1.54) is 0 Å². The number of rotatable bonds is 3. The van der Waals surface area contributed by atoms with Gasteiger partial charge in [-0.3, -0.25) is 4.68 Å². The molecule has 0 bridgehead atoms. The summed E-state index contributed by atoms with van der Waals surface area (Å²) >= 11 is 0. The Morgan fingerprint density at radius 1 is 1.56 bits per heavy atom. The summed E-state index contributed by atoms with van der Waals surface area (Å²) in [6.07, 6.45) is 4.60. The van der Waals surface area contributed by atoms with Gasteiger partial charge in [-0.15, -0.1) is 0 Å². The molecule has 0 aliphatic heterocycles. The van der Waals surface area contributed by atoms with Crippen molar-refractivity contribution in [3.8, 4) is 5.75 Å². The lowest BCUT2D eigenvalue weighted by atomic mass is 9.70. The van der Waals surface area contributed by atoms with Crippen LogP contribution in [0.15, 0.2) is 6.20 Å². The molecule has 0 aromatic carbocycles. The number of hydrogen-bond acceptors (Lipinski definition) is 3. The first kappa shape index (κ1) is 13.4. The molecule has 1 aliphatic carbocycles. The third-order valence-corrected chi connectivity index (χ3v) is 4.32. The molecule has 1 aromatic heterocycles. The maximum absolute atomic E-state index is 11.1. The van der Waals surface area contributed by atoms with E-state index in [0.717, 1.165) is 31.5 Å². The summed E-state index contributed by atoms with van der Waals surface area (Å²) in [5.74, 6) is 1.63. The van der Waals surface area contributed by atoms with Crippen molar-refractivity contribution in [1.82, 2.24) is 9.78 Å². The molecule has 18 heavy (non-hydrogen) atoms. The maximum atomic E-state index is 11.1. The molecule has 0 amide bonds. The standard InChI is InChI=1S/C14H24N2O2/c1-5-16-13(12(18-4)9-15-16)14(17)7-6-10(2)8-11(14)3/h9-11,17H,5-8H2,1-4H3. The van der Waals surface area contributed by atoms with Gasteiger partial charge in [-0.2, -0.15) is 5.10 Å². The van der Waals surface area contributed by atoms with Crippen LogP contribution in [0, 0.1) is 11.8 Å². The van der Waals surface area contributed by atoms with Crippen LogP contribution in [-0.4, -0.2) is 22.0 Å². The van der Waals surface area contributed by atoms with Crippen molar-refractivity contribution >= 4 is 0 Å². The Hall–Kier alpha value is -1.03. The predicted octanol–water partition coefficient (Wildman–Crippen LogP) is 2.56. The highest BCUT2D eigenvalue weighted by Gasteiger charge is 2.44. The largest absolute Gasteiger partial charge is 0.493 e. The second-order valence-electron chi connectivity index (χ2n) is 5.58. The van der Waals surface area contributed by atoms with Crippen LogP contribution in [0.3, 0.4) is 0 Å². The summed E-state index contributed by atoms with van der Waals surface area (Å²) in [5, 5.41) is 15.4. The third-order valence-electron chi connectivity index (χ3n) is 4.32. The second kappa shape index (κ2) is 4.92. The fourth-order valence-electron chi connectivity index (χ4n) is 3.18. The van der Waals surface area contributed by atoms with Crippen LogP contribution in [0.5, 0.6) is 5.75 Å². The first-order valence-corrected chi connectivity index (χ1v) is 6.85. The highest BCUT2D eigenvalue weighted by molar-refractivity contribution is 5.32. The van der Waals surface area contributed by atoms with Gasteiger partial charge >= 0.3 is 0 Å². The maximum Gasteiger partial charge on any atom is 0.162 e. The zero-order valence-electron chi connectivity index (χ0n) is 11.8. The Balaban J connectivity index is 2.42. The lowest BCUT2D eigenvalue weighted by Crippen LogP contribution is -2.40. The molecule has 3 atom stereocenters. The Morgan fingerprint density at radius 2 is 2.28 bits per heavy atom. The van der Waals surface area contributed by atoms with Crippen molar-refractivity contribution in [2.75, 3.05) is 7.11 Å². The smallest absolute Gasteiger partial charge is 0.162 e. The van der Waals surface area contributed by atoms with Gasteiger partial charge in [0.25, 0.3) is 0 Å². The Labute approximate surface area is 109 Å². The summed E-state index contributed by atoms with van der Waals surface area (Å²) in [6, 6.07) is 0. The summed E-state index contributed by atoms with van der Waals surface area (Å²) in [4.78, 5) is 0. The second-order valence-corrected chi connectivity index (χ2v) is 5.58. The molecule has 0 radical (unpaired) electrons. The van der Waals surface area contributed by atoms with Gasteiger partial charge in [-0.1, -0.05) is 13.8 Å². The molecule has 1 saturated carbocycles. The van der Waals surface area contributed by atoms with Gasteiger partial charge in [0.05, 0.1) is 13.3 Å². The van der Waals surface area contributed by atoms with E-state index in [0.29, 0.717) is 11.7 Å². The van der Waals surface area contributed by atoms with Crippen LogP contribution in [0.1, 0.15) is 45.7 Å². The van der Waals surface area contributed by atoms with Gasteiger partial charge in [0.2, 0.25) is 0 Å². The highest BCUT2D eigenvalue weighted by Crippen LogP contribution is 2.46. The molecule has 1 aliphatic rings. The van der Waals surface area contributed by atoms with E-state index >= 15 is 0 Å². The Bertz CT molecular complexity index is 394. The number of aromatic nitrogens is 2. The molecule has 2 rings (SSSR count). The fraction of sp³-hybridized carbons (Fsp3) is 0.786. The molecular formula is C14H24N2O2. The van der Waals surface area contributed by atoms with Crippen molar-refractivity contribution in [1.29, 1.82) is 0 Å². The molecule has 1 heterocycles. The molecule has 0 spiro atoms. The average molecular weight is 252 g/mol. The number of hydrogen-bond donors (Lipinski definition) is 1. The summed E-state index contributed by atoms with van der Waals surface area (Å²) in [6.45, 7) is 7.17. The van der Waals surface area contributed by atoms with Crippen molar-refractivity contribution in [2.45, 2.75) is 52.2 Å².